The molecule has 1 saturated heterocycles. The molecule has 2 amide bonds. The van der Waals surface area contributed by atoms with Crippen LogP contribution in [0.25, 0.3) is 0 Å². The van der Waals surface area contributed by atoms with Crippen molar-refractivity contribution in [3.05, 3.63) is 33.3 Å². The lowest BCUT2D eigenvalue weighted by molar-refractivity contribution is -0.133. The highest BCUT2D eigenvalue weighted by Crippen LogP contribution is 2.26. The van der Waals surface area contributed by atoms with Gasteiger partial charge >= 0.3 is 0 Å². The summed E-state index contributed by atoms with van der Waals surface area (Å²) < 4.78 is 0.810. The van der Waals surface area contributed by atoms with Crippen molar-refractivity contribution in [2.75, 3.05) is 13.1 Å². The second-order valence-electron chi connectivity index (χ2n) is 4.90. The zero-order chi connectivity index (χ0) is 14.2. The maximum atomic E-state index is 12.5. The van der Waals surface area contributed by atoms with Crippen LogP contribution in [0.5, 0.6) is 0 Å². The van der Waals surface area contributed by atoms with E-state index in [9.17, 15) is 9.59 Å². The summed E-state index contributed by atoms with van der Waals surface area (Å²) >= 11 is 9.39. The first kappa shape index (κ1) is 14.3. The van der Waals surface area contributed by atoms with Gasteiger partial charge in [0.2, 0.25) is 5.91 Å². The van der Waals surface area contributed by atoms with Gasteiger partial charge in [0.25, 0.3) is 5.91 Å². The number of benzene rings is 1. The molecule has 2 rings (SSSR count). The van der Waals surface area contributed by atoms with E-state index in [0.717, 1.165) is 4.47 Å². The molecule has 0 bridgehead atoms. The van der Waals surface area contributed by atoms with Crippen LogP contribution >= 0.6 is 27.5 Å². The summed E-state index contributed by atoms with van der Waals surface area (Å²) in [5.74, 6) is -0.377. The van der Waals surface area contributed by atoms with E-state index in [0.29, 0.717) is 23.7 Å². The molecule has 1 aromatic rings. The van der Waals surface area contributed by atoms with Crippen LogP contribution in [0.4, 0.5) is 0 Å². The van der Waals surface area contributed by atoms with Gasteiger partial charge in [-0.15, -0.1) is 0 Å². The second-order valence-corrected chi connectivity index (χ2v) is 6.22. The van der Waals surface area contributed by atoms with Crippen molar-refractivity contribution in [3.8, 4) is 0 Å². The fourth-order valence-electron chi connectivity index (χ4n) is 2.06. The quantitative estimate of drug-likeness (QED) is 0.850. The fraction of sp³-hybridized carbons (Fsp3) is 0.385. The van der Waals surface area contributed by atoms with Crippen molar-refractivity contribution in [3.63, 3.8) is 0 Å². The van der Waals surface area contributed by atoms with Gasteiger partial charge in [-0.1, -0.05) is 27.5 Å². The molecule has 0 spiro atoms. The smallest absolute Gasteiger partial charge is 0.256 e. The number of halogens is 2. The molecule has 0 unspecified atom stereocenters. The van der Waals surface area contributed by atoms with Gasteiger partial charge in [-0.3, -0.25) is 9.59 Å². The number of nitrogens with one attached hydrogen (secondary N) is 1. The monoisotopic (exact) mass is 344 g/mol. The van der Waals surface area contributed by atoms with Crippen LogP contribution in [0, 0.1) is 0 Å². The summed E-state index contributed by atoms with van der Waals surface area (Å²) in [5.41, 5.74) is -0.459. The van der Waals surface area contributed by atoms with Crippen molar-refractivity contribution in [1.82, 2.24) is 10.2 Å². The number of amides is 2. The lowest BCUT2D eigenvalue weighted by atomic mass is 9.97. The minimum Gasteiger partial charge on any atom is -0.352 e. The number of carbonyl (C=O) groups is 2. The zero-order valence-electron chi connectivity index (χ0n) is 10.7. The van der Waals surface area contributed by atoms with Crippen molar-refractivity contribution in [2.45, 2.75) is 19.4 Å². The Hall–Kier alpha value is -1.07. The first-order valence-electron chi connectivity index (χ1n) is 5.89. The molecule has 0 atom stereocenters. The SMILES string of the molecule is CC1(C)C(=O)NCCN1C(=O)c1ccc(Br)cc1Cl. The summed E-state index contributed by atoms with van der Waals surface area (Å²) in [6, 6.07) is 5.10. The van der Waals surface area contributed by atoms with E-state index in [1.807, 2.05) is 0 Å². The molecule has 19 heavy (non-hydrogen) atoms. The van der Waals surface area contributed by atoms with E-state index >= 15 is 0 Å². The molecule has 0 aromatic heterocycles. The third kappa shape index (κ3) is 2.62. The molecule has 6 heteroatoms. The predicted molar refractivity (Wildman–Crippen MR) is 77.3 cm³/mol. The number of nitrogens with zero attached hydrogens (tertiary/aromatic N) is 1. The maximum Gasteiger partial charge on any atom is 0.256 e. The Morgan fingerprint density at radius 1 is 1.47 bits per heavy atom. The van der Waals surface area contributed by atoms with Crippen LogP contribution in [0.1, 0.15) is 24.2 Å². The van der Waals surface area contributed by atoms with Crippen LogP contribution in [0.15, 0.2) is 22.7 Å². The molecule has 0 radical (unpaired) electrons. The Balaban J connectivity index is 2.35. The van der Waals surface area contributed by atoms with Crippen LogP contribution in [0.3, 0.4) is 0 Å². The van der Waals surface area contributed by atoms with Crippen molar-refractivity contribution in [1.29, 1.82) is 0 Å². The topological polar surface area (TPSA) is 49.4 Å². The van der Waals surface area contributed by atoms with E-state index in [2.05, 4.69) is 21.2 Å². The highest BCUT2D eigenvalue weighted by atomic mass is 79.9. The lowest BCUT2D eigenvalue weighted by Crippen LogP contribution is -2.63. The first-order chi connectivity index (χ1) is 8.84. The molecule has 1 N–H and O–H groups in total. The second kappa shape index (κ2) is 5.13. The Labute approximate surface area is 125 Å². The Bertz CT molecular complexity index is 545. The van der Waals surface area contributed by atoms with Crippen molar-refractivity contribution < 1.29 is 9.59 Å². The van der Waals surface area contributed by atoms with Gasteiger partial charge in [0, 0.05) is 17.6 Å². The van der Waals surface area contributed by atoms with E-state index in [1.165, 1.54) is 0 Å². The largest absolute Gasteiger partial charge is 0.352 e. The Morgan fingerprint density at radius 2 is 2.16 bits per heavy atom. The van der Waals surface area contributed by atoms with Crippen LogP contribution in [-0.4, -0.2) is 35.3 Å². The molecule has 102 valence electrons. The minimum atomic E-state index is -0.869. The van der Waals surface area contributed by atoms with Crippen molar-refractivity contribution in [2.24, 2.45) is 0 Å². The lowest BCUT2D eigenvalue weighted by Gasteiger charge is -2.41. The highest BCUT2D eigenvalue weighted by Gasteiger charge is 2.41. The Morgan fingerprint density at radius 3 is 2.79 bits per heavy atom. The zero-order valence-corrected chi connectivity index (χ0v) is 13.0. The molecule has 1 fully saturated rings. The molecule has 1 aliphatic heterocycles. The van der Waals surface area contributed by atoms with Gasteiger partial charge in [-0.2, -0.15) is 0 Å². The predicted octanol–water partition coefficient (Wildman–Crippen LogP) is 2.45. The first-order valence-corrected chi connectivity index (χ1v) is 7.06. The summed E-state index contributed by atoms with van der Waals surface area (Å²) in [5, 5.41) is 3.14. The minimum absolute atomic E-state index is 0.152. The molecular formula is C13H14BrClN2O2. The van der Waals surface area contributed by atoms with Gasteiger partial charge < -0.3 is 10.2 Å². The van der Waals surface area contributed by atoms with Crippen LogP contribution < -0.4 is 5.32 Å². The Kier molecular flexibility index (Phi) is 3.87. The normalized spacial score (nSPS) is 18.1. The number of piperazine rings is 1. The summed E-state index contributed by atoms with van der Waals surface area (Å²) in [4.78, 5) is 26.0. The molecule has 0 aliphatic carbocycles. The van der Waals surface area contributed by atoms with E-state index < -0.39 is 5.54 Å². The van der Waals surface area contributed by atoms with Gasteiger partial charge in [0.1, 0.15) is 5.54 Å². The molecule has 0 saturated carbocycles. The molecule has 1 aromatic carbocycles. The fourth-order valence-corrected chi connectivity index (χ4v) is 2.82. The molecule has 1 heterocycles. The van der Waals surface area contributed by atoms with Gasteiger partial charge in [0.15, 0.2) is 0 Å². The highest BCUT2D eigenvalue weighted by molar-refractivity contribution is 9.10. The van der Waals surface area contributed by atoms with Gasteiger partial charge in [-0.05, 0) is 32.0 Å². The number of hydrogen-bond donors (Lipinski definition) is 1. The van der Waals surface area contributed by atoms with Crippen LogP contribution in [-0.2, 0) is 4.79 Å². The van der Waals surface area contributed by atoms with E-state index in [-0.39, 0.29) is 11.8 Å². The molecular weight excluding hydrogens is 332 g/mol. The molecule has 1 aliphatic rings. The third-order valence-corrected chi connectivity index (χ3v) is 4.06. The van der Waals surface area contributed by atoms with E-state index in [1.54, 1.807) is 36.9 Å². The van der Waals surface area contributed by atoms with Gasteiger partial charge in [0.05, 0.1) is 10.6 Å². The third-order valence-electron chi connectivity index (χ3n) is 3.26. The maximum absolute atomic E-state index is 12.5. The van der Waals surface area contributed by atoms with E-state index in [4.69, 9.17) is 11.6 Å². The average Bonchev–Trinajstić information content (AvgIpc) is 2.32. The summed E-state index contributed by atoms with van der Waals surface area (Å²) in [6.45, 7) is 4.39. The average molecular weight is 346 g/mol. The summed E-state index contributed by atoms with van der Waals surface area (Å²) in [7, 11) is 0. The van der Waals surface area contributed by atoms with Crippen molar-refractivity contribution >= 4 is 39.3 Å². The number of rotatable bonds is 1. The number of hydrogen-bond acceptors (Lipinski definition) is 2. The van der Waals surface area contributed by atoms with Crippen LogP contribution in [0.2, 0.25) is 5.02 Å². The molecule has 4 nitrogen and oxygen atoms in total. The van der Waals surface area contributed by atoms with Gasteiger partial charge in [-0.25, -0.2) is 0 Å². The summed E-state index contributed by atoms with van der Waals surface area (Å²) in [6.07, 6.45) is 0. The standard InChI is InChI=1S/C13H14BrClN2O2/c1-13(2)12(19)16-5-6-17(13)11(18)9-4-3-8(14)7-10(9)15/h3-4,7H,5-6H2,1-2H3,(H,16,19). The number of carbonyl (C=O) groups excluding carboxylic acids is 2.